The SMILES string of the molecule is C=CCOC(=O)N1CCC(NC(=O)COc2ccc(C)cc2C)CC1. The summed E-state index contributed by atoms with van der Waals surface area (Å²) < 4.78 is 10.6. The molecule has 0 bridgehead atoms. The summed E-state index contributed by atoms with van der Waals surface area (Å²) in [6.07, 6.45) is 2.63. The van der Waals surface area contributed by atoms with Crippen LogP contribution < -0.4 is 10.1 Å². The first-order chi connectivity index (χ1) is 12.0. The zero-order valence-electron chi connectivity index (χ0n) is 14.9. The molecule has 0 aromatic heterocycles. The summed E-state index contributed by atoms with van der Waals surface area (Å²) in [6.45, 7) is 8.83. The Bertz CT molecular complexity index is 622. The molecule has 1 fully saturated rings. The summed E-state index contributed by atoms with van der Waals surface area (Å²) in [5, 5.41) is 2.96. The van der Waals surface area contributed by atoms with E-state index < -0.39 is 0 Å². The van der Waals surface area contributed by atoms with Gasteiger partial charge in [0.25, 0.3) is 5.91 Å². The molecule has 0 atom stereocenters. The first-order valence-electron chi connectivity index (χ1n) is 8.51. The molecule has 0 unspecified atom stereocenters. The number of aryl methyl sites for hydroxylation is 2. The number of nitrogens with zero attached hydrogens (tertiary/aromatic N) is 1. The van der Waals surface area contributed by atoms with Crippen LogP contribution in [0.15, 0.2) is 30.9 Å². The van der Waals surface area contributed by atoms with Crippen LogP contribution in [0.2, 0.25) is 0 Å². The van der Waals surface area contributed by atoms with E-state index in [1.165, 1.54) is 0 Å². The molecule has 2 amide bonds. The molecule has 1 aromatic rings. The van der Waals surface area contributed by atoms with Gasteiger partial charge in [0.05, 0.1) is 0 Å². The number of carbonyl (C=O) groups is 2. The van der Waals surface area contributed by atoms with Crippen molar-refractivity contribution >= 4 is 12.0 Å². The Morgan fingerprint density at radius 3 is 2.68 bits per heavy atom. The van der Waals surface area contributed by atoms with Gasteiger partial charge in [-0.15, -0.1) is 0 Å². The predicted molar refractivity (Wildman–Crippen MR) is 95.7 cm³/mol. The molecule has 136 valence electrons. The highest BCUT2D eigenvalue weighted by molar-refractivity contribution is 5.78. The van der Waals surface area contributed by atoms with Crippen molar-refractivity contribution in [2.24, 2.45) is 0 Å². The van der Waals surface area contributed by atoms with Crippen molar-refractivity contribution in [3.8, 4) is 5.75 Å². The molecule has 6 nitrogen and oxygen atoms in total. The number of rotatable bonds is 6. The van der Waals surface area contributed by atoms with Gasteiger partial charge in [-0.05, 0) is 38.3 Å². The fourth-order valence-corrected chi connectivity index (χ4v) is 2.80. The number of hydrogen-bond acceptors (Lipinski definition) is 4. The number of likely N-dealkylation sites (tertiary alicyclic amines) is 1. The predicted octanol–water partition coefficient (Wildman–Crippen LogP) is 2.59. The van der Waals surface area contributed by atoms with E-state index in [1.807, 2.05) is 32.0 Å². The smallest absolute Gasteiger partial charge is 0.410 e. The third-order valence-electron chi connectivity index (χ3n) is 4.13. The van der Waals surface area contributed by atoms with Crippen molar-refractivity contribution in [2.75, 3.05) is 26.3 Å². The summed E-state index contributed by atoms with van der Waals surface area (Å²) in [5.41, 5.74) is 2.17. The van der Waals surface area contributed by atoms with Crippen molar-refractivity contribution in [2.45, 2.75) is 32.7 Å². The Morgan fingerprint density at radius 1 is 1.32 bits per heavy atom. The van der Waals surface area contributed by atoms with Crippen LogP contribution in [-0.4, -0.2) is 49.2 Å². The molecule has 2 rings (SSSR count). The summed E-state index contributed by atoms with van der Waals surface area (Å²) in [4.78, 5) is 25.5. The van der Waals surface area contributed by atoms with E-state index in [-0.39, 0.29) is 31.3 Å². The largest absolute Gasteiger partial charge is 0.484 e. The van der Waals surface area contributed by atoms with Crippen LogP contribution in [-0.2, 0) is 9.53 Å². The van der Waals surface area contributed by atoms with Gasteiger partial charge >= 0.3 is 6.09 Å². The highest BCUT2D eigenvalue weighted by Gasteiger charge is 2.24. The quantitative estimate of drug-likeness (QED) is 0.804. The number of carbonyl (C=O) groups excluding carboxylic acids is 2. The average Bonchev–Trinajstić information content (AvgIpc) is 2.59. The standard InChI is InChI=1S/C19H26N2O4/c1-4-11-24-19(23)21-9-7-16(8-10-21)20-18(22)13-25-17-6-5-14(2)12-15(17)3/h4-6,12,16H,1,7-11,13H2,2-3H3,(H,20,22). The monoisotopic (exact) mass is 346 g/mol. The lowest BCUT2D eigenvalue weighted by Crippen LogP contribution is -2.47. The zero-order chi connectivity index (χ0) is 18.2. The number of piperidine rings is 1. The lowest BCUT2D eigenvalue weighted by Gasteiger charge is -2.31. The van der Waals surface area contributed by atoms with Crippen LogP contribution in [0.25, 0.3) is 0 Å². The third-order valence-corrected chi connectivity index (χ3v) is 4.13. The maximum absolute atomic E-state index is 12.1. The molecule has 1 N–H and O–H groups in total. The summed E-state index contributed by atoms with van der Waals surface area (Å²) in [7, 11) is 0. The zero-order valence-corrected chi connectivity index (χ0v) is 14.9. The number of nitrogens with one attached hydrogen (secondary N) is 1. The van der Waals surface area contributed by atoms with Crippen LogP contribution in [0.3, 0.4) is 0 Å². The van der Waals surface area contributed by atoms with Crippen LogP contribution in [0.4, 0.5) is 4.79 Å². The van der Waals surface area contributed by atoms with Crippen molar-refractivity contribution in [1.82, 2.24) is 10.2 Å². The highest BCUT2D eigenvalue weighted by Crippen LogP contribution is 2.18. The minimum absolute atomic E-state index is 0.00844. The number of benzene rings is 1. The molecular formula is C19H26N2O4. The summed E-state index contributed by atoms with van der Waals surface area (Å²) >= 11 is 0. The number of hydrogen-bond donors (Lipinski definition) is 1. The van der Waals surface area contributed by atoms with E-state index in [1.54, 1.807) is 11.0 Å². The van der Waals surface area contributed by atoms with Gasteiger partial charge in [0.15, 0.2) is 6.61 Å². The van der Waals surface area contributed by atoms with E-state index in [0.29, 0.717) is 25.9 Å². The molecule has 1 aliphatic rings. The first-order valence-corrected chi connectivity index (χ1v) is 8.51. The molecule has 1 saturated heterocycles. The van der Waals surface area contributed by atoms with E-state index in [4.69, 9.17) is 9.47 Å². The second-order valence-electron chi connectivity index (χ2n) is 6.25. The second kappa shape index (κ2) is 9.11. The molecule has 0 saturated carbocycles. The van der Waals surface area contributed by atoms with Gasteiger partial charge in [0.2, 0.25) is 0 Å². The maximum Gasteiger partial charge on any atom is 0.410 e. The van der Waals surface area contributed by atoms with Crippen LogP contribution in [0.5, 0.6) is 5.75 Å². The fourth-order valence-electron chi connectivity index (χ4n) is 2.80. The minimum atomic E-state index is -0.331. The van der Waals surface area contributed by atoms with Crippen molar-refractivity contribution in [3.63, 3.8) is 0 Å². The molecule has 1 aromatic carbocycles. The Kier molecular flexibility index (Phi) is 6.86. The van der Waals surface area contributed by atoms with Crippen molar-refractivity contribution in [3.05, 3.63) is 42.0 Å². The molecule has 0 aliphatic carbocycles. The van der Waals surface area contributed by atoms with Crippen molar-refractivity contribution in [1.29, 1.82) is 0 Å². The lowest BCUT2D eigenvalue weighted by molar-refractivity contribution is -0.124. The van der Waals surface area contributed by atoms with E-state index in [0.717, 1.165) is 16.9 Å². The topological polar surface area (TPSA) is 67.9 Å². The van der Waals surface area contributed by atoms with Crippen LogP contribution >= 0.6 is 0 Å². The minimum Gasteiger partial charge on any atom is -0.484 e. The molecule has 0 spiro atoms. The third kappa shape index (κ3) is 5.81. The molecule has 25 heavy (non-hydrogen) atoms. The molecule has 0 radical (unpaired) electrons. The van der Waals surface area contributed by atoms with Gasteiger partial charge in [-0.25, -0.2) is 4.79 Å². The van der Waals surface area contributed by atoms with Gasteiger partial charge < -0.3 is 19.7 Å². The molecular weight excluding hydrogens is 320 g/mol. The highest BCUT2D eigenvalue weighted by atomic mass is 16.6. The second-order valence-corrected chi connectivity index (χ2v) is 6.25. The number of amides is 2. The van der Waals surface area contributed by atoms with E-state index in [9.17, 15) is 9.59 Å². The summed E-state index contributed by atoms with van der Waals surface area (Å²) in [6, 6.07) is 5.92. The number of ether oxygens (including phenoxy) is 2. The van der Waals surface area contributed by atoms with Gasteiger partial charge in [0.1, 0.15) is 12.4 Å². The van der Waals surface area contributed by atoms with Gasteiger partial charge in [-0.3, -0.25) is 4.79 Å². The Hall–Kier alpha value is -2.50. The van der Waals surface area contributed by atoms with Crippen molar-refractivity contribution < 1.29 is 19.1 Å². The maximum atomic E-state index is 12.1. The van der Waals surface area contributed by atoms with Gasteiger partial charge in [0, 0.05) is 19.1 Å². The normalized spacial score (nSPS) is 14.7. The Morgan fingerprint density at radius 2 is 2.04 bits per heavy atom. The summed E-state index contributed by atoms with van der Waals surface area (Å²) in [5.74, 6) is 0.577. The van der Waals surface area contributed by atoms with E-state index in [2.05, 4.69) is 11.9 Å². The fraction of sp³-hybridized carbons (Fsp3) is 0.474. The Labute approximate surface area is 148 Å². The van der Waals surface area contributed by atoms with Crippen LogP contribution in [0.1, 0.15) is 24.0 Å². The molecule has 6 heteroatoms. The van der Waals surface area contributed by atoms with E-state index >= 15 is 0 Å². The van der Waals surface area contributed by atoms with Crippen LogP contribution in [0, 0.1) is 13.8 Å². The van der Waals surface area contributed by atoms with Gasteiger partial charge in [-0.1, -0.05) is 30.4 Å². The first kappa shape index (κ1) is 18.8. The van der Waals surface area contributed by atoms with Gasteiger partial charge in [-0.2, -0.15) is 0 Å². The molecule has 1 aliphatic heterocycles. The average molecular weight is 346 g/mol. The molecule has 1 heterocycles. The Balaban J connectivity index is 1.71. The lowest BCUT2D eigenvalue weighted by atomic mass is 10.1.